The third-order valence-corrected chi connectivity index (χ3v) is 5.76. The highest BCUT2D eigenvalue weighted by atomic mass is 15.1. The molecule has 0 spiro atoms. The molecule has 0 bridgehead atoms. The van der Waals surface area contributed by atoms with Gasteiger partial charge < -0.3 is 5.32 Å². The van der Waals surface area contributed by atoms with Crippen LogP contribution in [0.3, 0.4) is 0 Å². The summed E-state index contributed by atoms with van der Waals surface area (Å²) in [5, 5.41) is 13.7. The Kier molecular flexibility index (Phi) is 4.86. The quantitative estimate of drug-likeness (QED) is 0.400. The van der Waals surface area contributed by atoms with Gasteiger partial charge in [0.15, 0.2) is 5.65 Å². The summed E-state index contributed by atoms with van der Waals surface area (Å²) in [7, 11) is 0. The minimum absolute atomic E-state index is 0.632. The smallest absolute Gasteiger partial charge is 0.157 e. The maximum Gasteiger partial charge on any atom is 0.157 e. The van der Waals surface area contributed by atoms with Crippen LogP contribution in [0, 0.1) is 18.3 Å². The predicted molar refractivity (Wildman–Crippen MR) is 125 cm³/mol. The first-order valence-corrected chi connectivity index (χ1v) is 10.4. The second-order valence-corrected chi connectivity index (χ2v) is 7.70. The van der Waals surface area contributed by atoms with Crippen LogP contribution >= 0.6 is 0 Å². The number of imidazole rings is 1. The molecule has 0 amide bonds. The zero-order valence-electron chi connectivity index (χ0n) is 17.3. The Balaban J connectivity index is 1.76. The van der Waals surface area contributed by atoms with Crippen molar-refractivity contribution in [2.75, 3.05) is 5.32 Å². The molecule has 4 heteroatoms. The van der Waals surface area contributed by atoms with Crippen LogP contribution in [0.5, 0.6) is 0 Å². The molecule has 3 aromatic carbocycles. The van der Waals surface area contributed by atoms with Crippen molar-refractivity contribution in [2.45, 2.75) is 19.9 Å². The van der Waals surface area contributed by atoms with Crippen LogP contribution in [0.2, 0.25) is 0 Å². The van der Waals surface area contributed by atoms with Crippen LogP contribution in [0.15, 0.2) is 84.9 Å². The van der Waals surface area contributed by atoms with Crippen LogP contribution in [-0.2, 0) is 13.0 Å². The number of anilines is 1. The number of pyridine rings is 1. The van der Waals surface area contributed by atoms with Gasteiger partial charge in [0.1, 0.15) is 11.9 Å². The Bertz CT molecular complexity index is 1410. The summed E-state index contributed by atoms with van der Waals surface area (Å²) >= 11 is 0. The van der Waals surface area contributed by atoms with Crippen molar-refractivity contribution < 1.29 is 0 Å². The van der Waals surface area contributed by atoms with Crippen molar-refractivity contribution in [3.8, 4) is 6.07 Å². The molecule has 0 aliphatic heterocycles. The van der Waals surface area contributed by atoms with Crippen molar-refractivity contribution in [1.82, 2.24) is 9.38 Å². The van der Waals surface area contributed by atoms with E-state index < -0.39 is 0 Å². The van der Waals surface area contributed by atoms with Gasteiger partial charge in [0.05, 0.1) is 16.6 Å². The fraction of sp³-hybridized carbons (Fsp3) is 0.111. The van der Waals surface area contributed by atoms with E-state index in [1.54, 1.807) is 0 Å². The van der Waals surface area contributed by atoms with Gasteiger partial charge in [-0.2, -0.15) is 5.26 Å². The maximum absolute atomic E-state index is 10.0. The SMILES string of the molecule is Cc1c(Cc2ccccc2)c(NCc2ccccc2)n2c(nc3ccccc32)c1C#N. The topological polar surface area (TPSA) is 53.1 Å². The summed E-state index contributed by atoms with van der Waals surface area (Å²) in [6.45, 7) is 2.72. The van der Waals surface area contributed by atoms with E-state index in [1.165, 1.54) is 11.1 Å². The second-order valence-electron chi connectivity index (χ2n) is 7.70. The average molecular weight is 403 g/mol. The Labute approximate surface area is 181 Å². The number of aromatic nitrogens is 2. The lowest BCUT2D eigenvalue weighted by Crippen LogP contribution is -2.11. The van der Waals surface area contributed by atoms with Crippen molar-refractivity contribution >= 4 is 22.5 Å². The largest absolute Gasteiger partial charge is 0.367 e. The van der Waals surface area contributed by atoms with Crippen LogP contribution in [0.25, 0.3) is 16.7 Å². The minimum atomic E-state index is 0.632. The van der Waals surface area contributed by atoms with Gasteiger partial charge in [-0.15, -0.1) is 0 Å². The van der Waals surface area contributed by atoms with Gasteiger partial charge in [-0.1, -0.05) is 72.8 Å². The van der Waals surface area contributed by atoms with E-state index in [2.05, 4.69) is 58.3 Å². The van der Waals surface area contributed by atoms with Crippen LogP contribution in [-0.4, -0.2) is 9.38 Å². The summed E-state index contributed by atoms with van der Waals surface area (Å²) in [4.78, 5) is 4.81. The van der Waals surface area contributed by atoms with Crippen LogP contribution in [0.4, 0.5) is 5.82 Å². The van der Waals surface area contributed by atoms with E-state index >= 15 is 0 Å². The average Bonchev–Trinajstić information content (AvgIpc) is 3.19. The first kappa shape index (κ1) is 18.9. The zero-order valence-corrected chi connectivity index (χ0v) is 17.3. The molecule has 5 aromatic rings. The fourth-order valence-electron chi connectivity index (χ4n) is 4.17. The summed E-state index contributed by atoms with van der Waals surface area (Å²) < 4.78 is 2.11. The highest BCUT2D eigenvalue weighted by molar-refractivity contribution is 5.86. The number of nitrogens with zero attached hydrogens (tertiary/aromatic N) is 3. The molecule has 0 atom stereocenters. The molecule has 4 nitrogen and oxygen atoms in total. The molecule has 0 aliphatic carbocycles. The standard InChI is InChI=1S/C27H22N4/c1-19-22(16-20-10-4-2-5-11-20)26(29-18-21-12-6-3-7-13-21)31-25-15-9-8-14-24(25)30-27(31)23(19)17-28/h2-15,29H,16,18H2,1H3. The number of hydrogen-bond acceptors (Lipinski definition) is 3. The van der Waals surface area contributed by atoms with E-state index in [1.807, 2.05) is 49.4 Å². The van der Waals surface area contributed by atoms with Crippen molar-refractivity contribution in [2.24, 2.45) is 0 Å². The normalized spacial score (nSPS) is 11.0. The molecule has 0 saturated carbocycles. The number of fused-ring (bicyclic) bond motifs is 3. The molecule has 2 aromatic heterocycles. The van der Waals surface area contributed by atoms with Gasteiger partial charge in [-0.25, -0.2) is 4.98 Å². The number of rotatable bonds is 5. The van der Waals surface area contributed by atoms with E-state index in [0.29, 0.717) is 17.8 Å². The van der Waals surface area contributed by atoms with Crippen molar-refractivity contribution in [3.63, 3.8) is 0 Å². The minimum Gasteiger partial charge on any atom is -0.367 e. The Morgan fingerprint density at radius 3 is 2.23 bits per heavy atom. The van der Waals surface area contributed by atoms with Gasteiger partial charge in [-0.3, -0.25) is 4.40 Å². The van der Waals surface area contributed by atoms with Crippen molar-refractivity contribution in [3.05, 3.63) is 113 Å². The van der Waals surface area contributed by atoms with Gasteiger partial charge in [-0.05, 0) is 35.7 Å². The molecule has 0 saturated heterocycles. The van der Waals surface area contributed by atoms with Gasteiger partial charge in [0.25, 0.3) is 0 Å². The molecule has 0 fully saturated rings. The molecule has 5 rings (SSSR count). The molecule has 2 heterocycles. The van der Waals surface area contributed by atoms with Gasteiger partial charge in [0.2, 0.25) is 0 Å². The molecule has 0 radical (unpaired) electrons. The monoisotopic (exact) mass is 402 g/mol. The third-order valence-electron chi connectivity index (χ3n) is 5.76. The number of benzene rings is 3. The predicted octanol–water partition coefficient (Wildman–Crippen LogP) is 5.87. The highest BCUT2D eigenvalue weighted by Gasteiger charge is 2.20. The molecule has 31 heavy (non-hydrogen) atoms. The maximum atomic E-state index is 10.0. The number of nitriles is 1. The first-order chi connectivity index (χ1) is 15.3. The second kappa shape index (κ2) is 7.97. The molecule has 0 aliphatic rings. The van der Waals surface area contributed by atoms with E-state index in [4.69, 9.17) is 4.98 Å². The number of para-hydroxylation sites is 2. The lowest BCUT2D eigenvalue weighted by atomic mass is 9.97. The lowest BCUT2D eigenvalue weighted by molar-refractivity contribution is 1.03. The Morgan fingerprint density at radius 2 is 1.52 bits per heavy atom. The van der Waals surface area contributed by atoms with E-state index in [0.717, 1.165) is 34.4 Å². The molecule has 150 valence electrons. The lowest BCUT2D eigenvalue weighted by Gasteiger charge is -2.19. The van der Waals surface area contributed by atoms with E-state index in [-0.39, 0.29) is 0 Å². The summed E-state index contributed by atoms with van der Waals surface area (Å²) in [5.74, 6) is 0.993. The highest BCUT2D eigenvalue weighted by Crippen LogP contribution is 2.32. The van der Waals surface area contributed by atoms with Crippen LogP contribution in [0.1, 0.15) is 27.8 Å². The van der Waals surface area contributed by atoms with Crippen molar-refractivity contribution in [1.29, 1.82) is 5.26 Å². The number of nitrogens with one attached hydrogen (secondary N) is 1. The molecular weight excluding hydrogens is 380 g/mol. The molecule has 1 N–H and O–H groups in total. The number of hydrogen-bond donors (Lipinski definition) is 1. The Morgan fingerprint density at radius 1 is 0.871 bits per heavy atom. The van der Waals surface area contributed by atoms with Gasteiger partial charge in [0, 0.05) is 18.5 Å². The first-order valence-electron chi connectivity index (χ1n) is 10.4. The third kappa shape index (κ3) is 3.41. The molecule has 0 unspecified atom stereocenters. The van der Waals surface area contributed by atoms with E-state index in [9.17, 15) is 5.26 Å². The summed E-state index contributed by atoms with van der Waals surface area (Å²) in [6.07, 6.45) is 0.737. The fourth-order valence-corrected chi connectivity index (χ4v) is 4.17. The summed E-state index contributed by atoms with van der Waals surface area (Å²) in [6, 6.07) is 31.2. The van der Waals surface area contributed by atoms with Gasteiger partial charge >= 0.3 is 0 Å². The zero-order chi connectivity index (χ0) is 21.2. The summed E-state index contributed by atoms with van der Waals surface area (Å²) in [5.41, 5.74) is 7.73. The van der Waals surface area contributed by atoms with Crippen LogP contribution < -0.4 is 5.32 Å². The molecular formula is C27H22N4. The Hall–Kier alpha value is -4.10.